The van der Waals surface area contributed by atoms with E-state index in [9.17, 15) is 4.79 Å². The quantitative estimate of drug-likeness (QED) is 0.719. The Morgan fingerprint density at radius 2 is 2.29 bits per heavy atom. The van der Waals surface area contributed by atoms with Gasteiger partial charge in [0.2, 0.25) is 0 Å². The Labute approximate surface area is 84.3 Å². The Hall–Kier alpha value is -1.31. The summed E-state index contributed by atoms with van der Waals surface area (Å²) in [6.45, 7) is 4.18. The Morgan fingerprint density at radius 1 is 1.50 bits per heavy atom. The van der Waals surface area contributed by atoms with Gasteiger partial charge in [-0.15, -0.1) is 0 Å². The molecule has 0 spiro atoms. The molecule has 1 N–H and O–H groups in total. The van der Waals surface area contributed by atoms with Gasteiger partial charge in [-0.2, -0.15) is 0 Å². The molecule has 2 rings (SSSR count). The maximum atomic E-state index is 11.7. The second kappa shape index (κ2) is 3.45. The Balaban J connectivity index is 2.45. The Bertz CT molecular complexity index is 371. The summed E-state index contributed by atoms with van der Waals surface area (Å²) in [5.41, 5.74) is 3.31. The molecule has 0 saturated heterocycles. The summed E-state index contributed by atoms with van der Waals surface area (Å²) in [5, 5.41) is 3.01. The van der Waals surface area contributed by atoms with Crippen LogP contribution in [-0.4, -0.2) is 11.9 Å². The van der Waals surface area contributed by atoms with Crippen LogP contribution in [0.5, 0.6) is 0 Å². The van der Waals surface area contributed by atoms with Crippen molar-refractivity contribution < 1.29 is 4.79 Å². The van der Waals surface area contributed by atoms with E-state index in [1.165, 1.54) is 11.1 Å². The second-order valence-electron chi connectivity index (χ2n) is 3.88. The summed E-state index contributed by atoms with van der Waals surface area (Å²) >= 11 is 0. The van der Waals surface area contributed by atoms with Crippen LogP contribution < -0.4 is 5.32 Å². The fraction of sp³-hybridized carbons (Fsp3) is 0.417. The van der Waals surface area contributed by atoms with Crippen molar-refractivity contribution in [2.45, 2.75) is 32.7 Å². The van der Waals surface area contributed by atoms with Gasteiger partial charge in [-0.1, -0.05) is 19.1 Å². The third kappa shape index (κ3) is 1.41. The van der Waals surface area contributed by atoms with E-state index < -0.39 is 0 Å². The molecule has 0 aromatic heterocycles. The first-order valence-corrected chi connectivity index (χ1v) is 5.11. The van der Waals surface area contributed by atoms with Gasteiger partial charge in [0.15, 0.2) is 0 Å². The van der Waals surface area contributed by atoms with E-state index in [2.05, 4.69) is 25.2 Å². The molecule has 2 heteroatoms. The predicted molar refractivity (Wildman–Crippen MR) is 56.4 cm³/mol. The number of amides is 1. The molecule has 0 saturated carbocycles. The van der Waals surface area contributed by atoms with E-state index in [1.54, 1.807) is 0 Å². The van der Waals surface area contributed by atoms with Crippen LogP contribution in [0.2, 0.25) is 0 Å². The number of hydrogen-bond donors (Lipinski definition) is 1. The summed E-state index contributed by atoms with van der Waals surface area (Å²) in [5.74, 6) is 0.0850. The Morgan fingerprint density at radius 3 is 3.00 bits per heavy atom. The summed E-state index contributed by atoms with van der Waals surface area (Å²) < 4.78 is 0. The highest BCUT2D eigenvalue weighted by atomic mass is 16.1. The highest BCUT2D eigenvalue weighted by Crippen LogP contribution is 2.21. The number of nitrogens with one attached hydrogen (secondary N) is 1. The molecule has 0 aliphatic carbocycles. The zero-order valence-electron chi connectivity index (χ0n) is 8.63. The van der Waals surface area contributed by atoms with E-state index in [0.717, 1.165) is 18.4 Å². The van der Waals surface area contributed by atoms with Crippen LogP contribution in [0.15, 0.2) is 18.2 Å². The van der Waals surface area contributed by atoms with Gasteiger partial charge in [-0.05, 0) is 37.0 Å². The van der Waals surface area contributed by atoms with Crippen molar-refractivity contribution in [3.8, 4) is 0 Å². The minimum atomic E-state index is 0.0850. The molecule has 1 heterocycles. The molecule has 1 unspecified atom stereocenters. The average Bonchev–Trinajstić information content (AvgIpc) is 2.19. The van der Waals surface area contributed by atoms with Crippen LogP contribution in [0.4, 0.5) is 0 Å². The first kappa shape index (κ1) is 9.25. The number of benzene rings is 1. The molecule has 74 valence electrons. The summed E-state index contributed by atoms with van der Waals surface area (Å²) in [4.78, 5) is 11.7. The third-order valence-corrected chi connectivity index (χ3v) is 2.93. The maximum absolute atomic E-state index is 11.7. The number of fused-ring (bicyclic) bond motifs is 1. The van der Waals surface area contributed by atoms with Crippen molar-refractivity contribution in [2.75, 3.05) is 0 Å². The fourth-order valence-electron chi connectivity index (χ4n) is 1.99. The highest BCUT2D eigenvalue weighted by Gasteiger charge is 2.23. The monoisotopic (exact) mass is 189 g/mol. The zero-order chi connectivity index (χ0) is 10.1. The normalized spacial score (nSPS) is 20.1. The number of rotatable bonds is 1. The van der Waals surface area contributed by atoms with Gasteiger partial charge >= 0.3 is 0 Å². The molecule has 14 heavy (non-hydrogen) atoms. The van der Waals surface area contributed by atoms with Crippen LogP contribution in [0.3, 0.4) is 0 Å². The molecular formula is C12H15NO. The first-order chi connectivity index (χ1) is 6.72. The standard InChI is InChI=1S/C12H15NO/c1-3-9-7-11-8(2)5-4-6-10(11)12(14)13-9/h4-6,9H,3,7H2,1-2H3,(H,13,14). The van der Waals surface area contributed by atoms with Gasteiger partial charge < -0.3 is 5.32 Å². The van der Waals surface area contributed by atoms with E-state index in [0.29, 0.717) is 6.04 Å². The lowest BCUT2D eigenvalue weighted by Gasteiger charge is -2.25. The number of aryl methyl sites for hydroxylation is 1. The second-order valence-corrected chi connectivity index (χ2v) is 3.88. The van der Waals surface area contributed by atoms with Gasteiger partial charge in [-0.3, -0.25) is 4.79 Å². The van der Waals surface area contributed by atoms with Gasteiger partial charge in [0.1, 0.15) is 0 Å². The molecule has 0 radical (unpaired) electrons. The smallest absolute Gasteiger partial charge is 0.251 e. The number of carbonyl (C=O) groups excluding carboxylic acids is 1. The summed E-state index contributed by atoms with van der Waals surface area (Å²) in [7, 11) is 0. The van der Waals surface area contributed by atoms with Gasteiger partial charge in [-0.25, -0.2) is 0 Å². The molecule has 0 fully saturated rings. The highest BCUT2D eigenvalue weighted by molar-refractivity contribution is 5.97. The van der Waals surface area contributed by atoms with E-state index in [1.807, 2.05) is 12.1 Å². The lowest BCUT2D eigenvalue weighted by Crippen LogP contribution is -2.41. The maximum Gasteiger partial charge on any atom is 0.251 e. The van der Waals surface area contributed by atoms with Crippen LogP contribution in [0.1, 0.15) is 34.8 Å². The average molecular weight is 189 g/mol. The summed E-state index contributed by atoms with van der Waals surface area (Å²) in [6, 6.07) is 6.24. The molecule has 2 nitrogen and oxygen atoms in total. The topological polar surface area (TPSA) is 29.1 Å². The van der Waals surface area contributed by atoms with E-state index in [4.69, 9.17) is 0 Å². The minimum Gasteiger partial charge on any atom is -0.349 e. The molecule has 1 aliphatic rings. The van der Waals surface area contributed by atoms with Gasteiger partial charge in [0.25, 0.3) is 5.91 Å². The lowest BCUT2D eigenvalue weighted by molar-refractivity contribution is 0.0924. The molecule has 1 aliphatic heterocycles. The largest absolute Gasteiger partial charge is 0.349 e. The predicted octanol–water partition coefficient (Wildman–Crippen LogP) is 2.06. The molecule has 0 bridgehead atoms. The molecule has 1 atom stereocenters. The van der Waals surface area contributed by atoms with Crippen LogP contribution in [0.25, 0.3) is 0 Å². The summed E-state index contributed by atoms with van der Waals surface area (Å²) in [6.07, 6.45) is 1.98. The number of carbonyl (C=O) groups is 1. The fourth-order valence-corrected chi connectivity index (χ4v) is 1.99. The number of hydrogen-bond acceptors (Lipinski definition) is 1. The van der Waals surface area contributed by atoms with Crippen molar-refractivity contribution >= 4 is 5.91 Å². The minimum absolute atomic E-state index is 0.0850. The van der Waals surface area contributed by atoms with Gasteiger partial charge in [0.05, 0.1) is 0 Å². The molecule has 1 aromatic carbocycles. The van der Waals surface area contributed by atoms with Crippen molar-refractivity contribution in [2.24, 2.45) is 0 Å². The van der Waals surface area contributed by atoms with Crippen molar-refractivity contribution in [1.82, 2.24) is 5.32 Å². The van der Waals surface area contributed by atoms with Gasteiger partial charge in [0, 0.05) is 11.6 Å². The van der Waals surface area contributed by atoms with Crippen LogP contribution >= 0.6 is 0 Å². The molecule has 1 aromatic rings. The first-order valence-electron chi connectivity index (χ1n) is 5.11. The SMILES string of the molecule is CCC1Cc2c(C)cccc2C(=O)N1. The third-order valence-electron chi connectivity index (χ3n) is 2.93. The zero-order valence-corrected chi connectivity index (χ0v) is 8.63. The molecular weight excluding hydrogens is 174 g/mol. The van der Waals surface area contributed by atoms with E-state index >= 15 is 0 Å². The molecule has 1 amide bonds. The van der Waals surface area contributed by atoms with Crippen molar-refractivity contribution in [3.63, 3.8) is 0 Å². The van der Waals surface area contributed by atoms with Crippen molar-refractivity contribution in [1.29, 1.82) is 0 Å². The van der Waals surface area contributed by atoms with Crippen molar-refractivity contribution in [3.05, 3.63) is 34.9 Å². The van der Waals surface area contributed by atoms with Crippen LogP contribution in [0, 0.1) is 6.92 Å². The van der Waals surface area contributed by atoms with E-state index in [-0.39, 0.29) is 5.91 Å². The van der Waals surface area contributed by atoms with Crippen LogP contribution in [-0.2, 0) is 6.42 Å². The Kier molecular flexibility index (Phi) is 2.28. The lowest BCUT2D eigenvalue weighted by atomic mass is 9.91.